The fourth-order valence-electron chi connectivity index (χ4n) is 4.50. The van der Waals surface area contributed by atoms with Crippen molar-refractivity contribution in [2.24, 2.45) is 17.8 Å². The van der Waals surface area contributed by atoms with Crippen LogP contribution >= 0.6 is 0 Å². The van der Waals surface area contributed by atoms with Gasteiger partial charge in [0.25, 0.3) is 0 Å². The van der Waals surface area contributed by atoms with Gasteiger partial charge in [0.15, 0.2) is 17.5 Å². The molecule has 1 aromatic rings. The molecule has 0 saturated heterocycles. The van der Waals surface area contributed by atoms with Crippen molar-refractivity contribution >= 4 is 5.78 Å². The maximum absolute atomic E-state index is 13.3. The van der Waals surface area contributed by atoms with Crippen LogP contribution in [0.1, 0.15) is 63.4 Å². The van der Waals surface area contributed by atoms with Crippen molar-refractivity contribution in [2.45, 2.75) is 64.2 Å². The molecule has 1 aromatic carbocycles. The third-order valence-electron chi connectivity index (χ3n) is 6.03. The van der Waals surface area contributed by atoms with E-state index in [-0.39, 0.29) is 0 Å². The first-order chi connectivity index (χ1) is 11.5. The number of aryl methyl sites for hydroxylation is 1. The number of Topliss-reactive ketones (excluding diaryl/α,β-unsaturated/α-hetero) is 1. The van der Waals surface area contributed by atoms with Crippen LogP contribution in [0.15, 0.2) is 12.1 Å². The molecule has 132 valence electrons. The van der Waals surface area contributed by atoms with Gasteiger partial charge < -0.3 is 0 Å². The molecule has 0 aromatic heterocycles. The Labute approximate surface area is 141 Å². The molecule has 0 atom stereocenters. The number of rotatable bonds is 4. The summed E-state index contributed by atoms with van der Waals surface area (Å²) in [6.07, 6.45) is 9.85. The summed E-state index contributed by atoms with van der Waals surface area (Å²) >= 11 is 0. The lowest BCUT2D eigenvalue weighted by molar-refractivity contribution is -0.121. The highest BCUT2D eigenvalue weighted by atomic mass is 19.2. The Morgan fingerprint density at radius 2 is 1.38 bits per heavy atom. The van der Waals surface area contributed by atoms with Crippen LogP contribution in [0.4, 0.5) is 13.2 Å². The van der Waals surface area contributed by atoms with Gasteiger partial charge in [-0.05, 0) is 74.0 Å². The van der Waals surface area contributed by atoms with Crippen LogP contribution < -0.4 is 0 Å². The SMILES string of the molecule is O=C1CCC([C@H]2CC[C@H](CCc3cc(F)c(F)c(F)c3)CC2)CC1. The number of hydrogen-bond acceptors (Lipinski definition) is 1. The van der Waals surface area contributed by atoms with Crippen molar-refractivity contribution in [1.29, 1.82) is 0 Å². The van der Waals surface area contributed by atoms with Gasteiger partial charge in [-0.25, -0.2) is 13.2 Å². The predicted octanol–water partition coefficient (Wildman–Crippen LogP) is 5.60. The Morgan fingerprint density at radius 3 is 1.96 bits per heavy atom. The fraction of sp³-hybridized carbons (Fsp3) is 0.650. The number of ketones is 1. The highest BCUT2D eigenvalue weighted by molar-refractivity contribution is 5.79. The zero-order valence-corrected chi connectivity index (χ0v) is 14.0. The molecule has 1 nitrogen and oxygen atoms in total. The van der Waals surface area contributed by atoms with Gasteiger partial charge in [0.2, 0.25) is 0 Å². The van der Waals surface area contributed by atoms with Crippen LogP contribution in [0.2, 0.25) is 0 Å². The topological polar surface area (TPSA) is 17.1 Å². The van der Waals surface area contributed by atoms with Gasteiger partial charge >= 0.3 is 0 Å². The zero-order chi connectivity index (χ0) is 17.1. The summed E-state index contributed by atoms with van der Waals surface area (Å²) in [6, 6.07) is 2.23. The van der Waals surface area contributed by atoms with Crippen molar-refractivity contribution in [3.05, 3.63) is 35.1 Å². The Bertz CT molecular complexity index is 558. The van der Waals surface area contributed by atoms with Crippen LogP contribution in [0.3, 0.4) is 0 Å². The zero-order valence-electron chi connectivity index (χ0n) is 14.0. The van der Waals surface area contributed by atoms with E-state index in [0.29, 0.717) is 29.6 Å². The van der Waals surface area contributed by atoms with E-state index in [0.717, 1.165) is 63.0 Å². The molecule has 0 amide bonds. The summed E-state index contributed by atoms with van der Waals surface area (Å²) in [6.45, 7) is 0. The summed E-state index contributed by atoms with van der Waals surface area (Å²) < 4.78 is 39.5. The van der Waals surface area contributed by atoms with Crippen molar-refractivity contribution in [3.63, 3.8) is 0 Å². The average molecular weight is 338 g/mol. The molecular formula is C20H25F3O. The van der Waals surface area contributed by atoms with Crippen LogP contribution in [0.5, 0.6) is 0 Å². The standard InChI is InChI=1S/C20H25F3O/c21-18-11-14(12-19(22)20(18)23)2-1-13-3-5-15(6-4-13)16-7-9-17(24)10-8-16/h11-13,15-16H,1-10H2/t13-,15-. The van der Waals surface area contributed by atoms with E-state index in [2.05, 4.69) is 0 Å². The molecule has 0 aliphatic heterocycles. The first-order valence-corrected chi connectivity index (χ1v) is 9.18. The van der Waals surface area contributed by atoms with E-state index in [1.807, 2.05) is 0 Å². The number of carbonyl (C=O) groups excluding carboxylic acids is 1. The lowest BCUT2D eigenvalue weighted by Crippen LogP contribution is -2.26. The Kier molecular flexibility index (Phi) is 5.62. The summed E-state index contributed by atoms with van der Waals surface area (Å²) in [5.41, 5.74) is 0.541. The van der Waals surface area contributed by atoms with Crippen molar-refractivity contribution in [2.75, 3.05) is 0 Å². The van der Waals surface area contributed by atoms with Gasteiger partial charge in [-0.3, -0.25) is 4.79 Å². The third-order valence-corrected chi connectivity index (χ3v) is 6.03. The van der Waals surface area contributed by atoms with Gasteiger partial charge in [0, 0.05) is 12.8 Å². The molecule has 2 fully saturated rings. The molecule has 0 N–H and O–H groups in total. The van der Waals surface area contributed by atoms with Crippen LogP contribution in [0.25, 0.3) is 0 Å². The van der Waals surface area contributed by atoms with Crippen molar-refractivity contribution < 1.29 is 18.0 Å². The Balaban J connectivity index is 1.45. The van der Waals surface area contributed by atoms with Crippen LogP contribution in [0, 0.1) is 35.2 Å². The maximum Gasteiger partial charge on any atom is 0.194 e. The largest absolute Gasteiger partial charge is 0.300 e. The molecule has 4 heteroatoms. The smallest absolute Gasteiger partial charge is 0.194 e. The van der Waals surface area contributed by atoms with Crippen molar-refractivity contribution in [3.8, 4) is 0 Å². The van der Waals surface area contributed by atoms with Gasteiger partial charge in [-0.2, -0.15) is 0 Å². The molecule has 2 aliphatic rings. The lowest BCUT2D eigenvalue weighted by atomic mass is 9.70. The lowest BCUT2D eigenvalue weighted by Gasteiger charge is -2.35. The number of benzene rings is 1. The highest BCUT2D eigenvalue weighted by Gasteiger charge is 2.30. The van der Waals surface area contributed by atoms with Crippen LogP contribution in [-0.2, 0) is 11.2 Å². The second-order valence-electron chi connectivity index (χ2n) is 7.57. The van der Waals surface area contributed by atoms with E-state index in [4.69, 9.17) is 0 Å². The maximum atomic E-state index is 13.3. The van der Waals surface area contributed by atoms with Gasteiger partial charge in [-0.15, -0.1) is 0 Å². The minimum Gasteiger partial charge on any atom is -0.300 e. The summed E-state index contributed by atoms with van der Waals surface area (Å²) in [5.74, 6) is -1.12. The average Bonchev–Trinajstić information content (AvgIpc) is 2.59. The summed E-state index contributed by atoms with van der Waals surface area (Å²) in [4.78, 5) is 11.4. The summed E-state index contributed by atoms with van der Waals surface area (Å²) in [5, 5.41) is 0. The normalized spacial score (nSPS) is 25.9. The highest BCUT2D eigenvalue weighted by Crippen LogP contribution is 2.40. The molecule has 0 unspecified atom stereocenters. The molecule has 0 spiro atoms. The minimum atomic E-state index is -1.38. The molecule has 0 heterocycles. The third kappa shape index (κ3) is 4.20. The van der Waals surface area contributed by atoms with Gasteiger partial charge in [0.05, 0.1) is 0 Å². The predicted molar refractivity (Wildman–Crippen MR) is 87.1 cm³/mol. The Hall–Kier alpha value is -1.32. The number of halogens is 3. The first kappa shape index (κ1) is 17.5. The molecule has 2 aliphatic carbocycles. The molecule has 2 saturated carbocycles. The monoisotopic (exact) mass is 338 g/mol. The second kappa shape index (κ2) is 7.71. The number of hydrogen-bond donors (Lipinski definition) is 0. The molecule has 0 bridgehead atoms. The second-order valence-corrected chi connectivity index (χ2v) is 7.57. The quantitative estimate of drug-likeness (QED) is 0.653. The van der Waals surface area contributed by atoms with Crippen LogP contribution in [-0.4, -0.2) is 5.78 Å². The van der Waals surface area contributed by atoms with Gasteiger partial charge in [-0.1, -0.05) is 12.8 Å². The Morgan fingerprint density at radius 1 is 0.833 bits per heavy atom. The minimum absolute atomic E-state index is 0.415. The van der Waals surface area contributed by atoms with Crippen molar-refractivity contribution in [1.82, 2.24) is 0 Å². The van der Waals surface area contributed by atoms with E-state index < -0.39 is 17.5 Å². The molecule has 0 radical (unpaired) electrons. The van der Waals surface area contributed by atoms with E-state index in [9.17, 15) is 18.0 Å². The molecule has 3 rings (SSSR count). The van der Waals surface area contributed by atoms with Gasteiger partial charge in [0.1, 0.15) is 5.78 Å². The van der Waals surface area contributed by atoms with E-state index >= 15 is 0 Å². The molecule has 24 heavy (non-hydrogen) atoms. The fourth-order valence-corrected chi connectivity index (χ4v) is 4.50. The molecular weight excluding hydrogens is 313 g/mol. The van der Waals surface area contributed by atoms with E-state index in [1.54, 1.807) is 0 Å². The first-order valence-electron chi connectivity index (χ1n) is 9.18. The van der Waals surface area contributed by atoms with E-state index in [1.165, 1.54) is 12.8 Å². The number of carbonyl (C=O) groups is 1. The summed E-state index contributed by atoms with van der Waals surface area (Å²) in [7, 11) is 0.